The highest BCUT2D eigenvalue weighted by Crippen LogP contribution is 2.29. The first-order valence-electron chi connectivity index (χ1n) is 9.19. The number of aromatic nitrogens is 4. The van der Waals surface area contributed by atoms with Crippen molar-refractivity contribution in [2.45, 2.75) is 11.4 Å². The van der Waals surface area contributed by atoms with Gasteiger partial charge in [-0.3, -0.25) is 0 Å². The zero-order valence-corrected chi connectivity index (χ0v) is 17.3. The molecule has 4 aromatic rings. The molecule has 0 saturated heterocycles. The number of fused-ring (bicyclic) bond motifs is 1. The fraction of sp³-hybridized carbons (Fsp3) is 0.150. The van der Waals surface area contributed by atoms with E-state index in [0.717, 1.165) is 22.7 Å². The molecule has 4 N–H and O–H groups in total. The number of hydrogen-bond donors (Lipinski definition) is 4. The maximum atomic E-state index is 12.2. The monoisotopic (exact) mass is 423 g/mol. The van der Waals surface area contributed by atoms with Crippen LogP contribution in [-0.2, 0) is 17.5 Å². The lowest BCUT2D eigenvalue weighted by atomic mass is 10.2. The lowest BCUT2D eigenvalue weighted by molar-refractivity contribution is 0.414. The first-order chi connectivity index (χ1) is 14.7. The smallest absolute Gasteiger partial charge is 0.182 e. The van der Waals surface area contributed by atoms with E-state index >= 15 is 0 Å². The number of hydrogen-bond acceptors (Lipinski definition) is 7. The summed E-state index contributed by atoms with van der Waals surface area (Å²) in [6, 6.07) is 13.4. The lowest BCUT2D eigenvalue weighted by Gasteiger charge is -2.15. The van der Waals surface area contributed by atoms with E-state index in [2.05, 4.69) is 35.3 Å². The Morgan fingerprint density at radius 2 is 2.00 bits per heavy atom. The van der Waals surface area contributed by atoms with E-state index in [4.69, 9.17) is 4.74 Å². The van der Waals surface area contributed by atoms with E-state index in [1.807, 2.05) is 42.5 Å². The van der Waals surface area contributed by atoms with Crippen molar-refractivity contribution in [3.05, 3.63) is 60.7 Å². The Hall–Kier alpha value is -3.50. The molecule has 154 valence electrons. The van der Waals surface area contributed by atoms with Crippen LogP contribution in [0.1, 0.15) is 5.56 Å². The quantitative estimate of drug-likeness (QED) is 0.344. The molecule has 0 aliphatic heterocycles. The van der Waals surface area contributed by atoms with Crippen LogP contribution in [0.3, 0.4) is 0 Å². The number of nitrogens with zero attached hydrogens (tertiary/aromatic N) is 3. The number of anilines is 3. The summed E-state index contributed by atoms with van der Waals surface area (Å²) in [5.41, 5.74) is 3.89. The van der Waals surface area contributed by atoms with Gasteiger partial charge in [0, 0.05) is 6.54 Å². The van der Waals surface area contributed by atoms with E-state index in [0.29, 0.717) is 28.4 Å². The van der Waals surface area contributed by atoms with Crippen molar-refractivity contribution < 1.29 is 8.95 Å². The highest BCUT2D eigenvalue weighted by molar-refractivity contribution is 7.83. The van der Waals surface area contributed by atoms with Gasteiger partial charge in [0.1, 0.15) is 28.6 Å². The van der Waals surface area contributed by atoms with E-state index < -0.39 is 11.0 Å². The van der Waals surface area contributed by atoms with Crippen molar-refractivity contribution in [2.24, 2.45) is 0 Å². The Bertz CT molecular complexity index is 1190. The first-order valence-corrected chi connectivity index (χ1v) is 10.3. The van der Waals surface area contributed by atoms with Gasteiger partial charge in [-0.25, -0.2) is 23.9 Å². The molecule has 10 heteroatoms. The van der Waals surface area contributed by atoms with Crippen LogP contribution < -0.4 is 20.1 Å². The van der Waals surface area contributed by atoms with Gasteiger partial charge in [0.2, 0.25) is 0 Å². The maximum Gasteiger partial charge on any atom is 0.182 e. The van der Waals surface area contributed by atoms with Gasteiger partial charge in [0.15, 0.2) is 11.5 Å². The summed E-state index contributed by atoms with van der Waals surface area (Å²) < 4.78 is 20.3. The number of ether oxygens (including phenoxy) is 1. The van der Waals surface area contributed by atoms with Crippen molar-refractivity contribution >= 4 is 39.3 Å². The minimum atomic E-state index is -1.32. The summed E-state index contributed by atoms with van der Waals surface area (Å²) in [6.07, 6.45) is 3.02. The van der Waals surface area contributed by atoms with Gasteiger partial charge in [0.25, 0.3) is 0 Å². The third-order valence-electron chi connectivity index (χ3n) is 4.48. The van der Waals surface area contributed by atoms with Crippen molar-refractivity contribution in [1.82, 2.24) is 24.7 Å². The number of imidazole rings is 1. The van der Waals surface area contributed by atoms with Crippen LogP contribution in [0.15, 0.2) is 60.0 Å². The highest BCUT2D eigenvalue weighted by Gasteiger charge is 2.12. The predicted molar refractivity (Wildman–Crippen MR) is 117 cm³/mol. The van der Waals surface area contributed by atoms with Gasteiger partial charge in [-0.1, -0.05) is 12.1 Å². The van der Waals surface area contributed by atoms with E-state index in [-0.39, 0.29) is 0 Å². The predicted octanol–water partition coefficient (Wildman–Crippen LogP) is 2.96. The normalized spacial score (nSPS) is 11.9. The van der Waals surface area contributed by atoms with Gasteiger partial charge in [-0.05, 0) is 42.9 Å². The van der Waals surface area contributed by atoms with Gasteiger partial charge in [0.05, 0.1) is 29.7 Å². The maximum absolute atomic E-state index is 12.2. The summed E-state index contributed by atoms with van der Waals surface area (Å²) in [5.74, 6) is 1.38. The molecule has 9 nitrogen and oxygen atoms in total. The standard InChI is InChI=1S/C20H21N7O2S/c1-21-30(28)15-6-7-16(22-10-13-4-3-5-14(8-13)29-2)17(9-15)27-20-18-19(24-11-23-18)25-12-26-20/h3-9,11-12,21-22H,10H2,1-2H3,(H2,23,24,25,26,27). The molecule has 0 aliphatic rings. The van der Waals surface area contributed by atoms with Crippen molar-refractivity contribution in [3.63, 3.8) is 0 Å². The molecule has 30 heavy (non-hydrogen) atoms. The Labute approximate surface area is 175 Å². The van der Waals surface area contributed by atoms with Crippen molar-refractivity contribution in [3.8, 4) is 5.75 Å². The number of benzene rings is 2. The molecule has 0 aliphatic carbocycles. The number of nitrogens with one attached hydrogen (secondary N) is 4. The molecule has 4 rings (SSSR count). The van der Waals surface area contributed by atoms with E-state index in [1.54, 1.807) is 20.5 Å². The molecule has 0 spiro atoms. The summed E-state index contributed by atoms with van der Waals surface area (Å²) in [6.45, 7) is 0.587. The molecule has 2 heterocycles. The Kier molecular flexibility index (Phi) is 5.87. The summed E-state index contributed by atoms with van der Waals surface area (Å²) in [7, 11) is 1.98. The molecular weight excluding hydrogens is 402 g/mol. The fourth-order valence-corrected chi connectivity index (χ4v) is 3.63. The number of rotatable bonds is 8. The van der Waals surface area contributed by atoms with E-state index in [1.165, 1.54) is 6.33 Å². The van der Waals surface area contributed by atoms with Crippen molar-refractivity contribution in [1.29, 1.82) is 0 Å². The van der Waals surface area contributed by atoms with Gasteiger partial charge < -0.3 is 20.4 Å². The average Bonchev–Trinajstić information content (AvgIpc) is 3.28. The number of H-pyrrole nitrogens is 1. The first kappa shape index (κ1) is 19.8. The molecule has 1 atom stereocenters. The molecule has 2 aromatic carbocycles. The Morgan fingerprint density at radius 1 is 1.10 bits per heavy atom. The topological polar surface area (TPSA) is 117 Å². The third-order valence-corrected chi connectivity index (χ3v) is 5.54. The zero-order chi connectivity index (χ0) is 20.9. The second kappa shape index (κ2) is 8.89. The third kappa shape index (κ3) is 4.24. The summed E-state index contributed by atoms with van der Waals surface area (Å²) in [5, 5.41) is 6.73. The van der Waals surface area contributed by atoms with Gasteiger partial charge >= 0.3 is 0 Å². The SMILES string of the molecule is CNS(=O)c1ccc(NCc2cccc(OC)c2)c(Nc2ncnc3nc[nH]c23)c1. The zero-order valence-electron chi connectivity index (χ0n) is 16.5. The van der Waals surface area contributed by atoms with Crippen LogP contribution in [0.4, 0.5) is 17.2 Å². The number of methoxy groups -OCH3 is 1. The average molecular weight is 424 g/mol. The number of aromatic amines is 1. The lowest BCUT2D eigenvalue weighted by Crippen LogP contribution is -2.11. The molecule has 0 fully saturated rings. The minimum absolute atomic E-state index is 0.563. The highest BCUT2D eigenvalue weighted by atomic mass is 32.2. The van der Waals surface area contributed by atoms with Gasteiger partial charge in [-0.2, -0.15) is 0 Å². The fourth-order valence-electron chi connectivity index (χ4n) is 2.98. The molecule has 0 radical (unpaired) electrons. The molecule has 0 saturated carbocycles. The molecule has 1 unspecified atom stereocenters. The van der Waals surface area contributed by atoms with Gasteiger partial charge in [-0.15, -0.1) is 0 Å². The summed E-state index contributed by atoms with van der Waals surface area (Å²) in [4.78, 5) is 16.3. The molecular formula is C20H21N7O2S. The molecule has 0 amide bonds. The largest absolute Gasteiger partial charge is 0.497 e. The van der Waals surface area contributed by atoms with Crippen molar-refractivity contribution in [2.75, 3.05) is 24.8 Å². The second-order valence-corrected chi connectivity index (χ2v) is 7.75. The van der Waals surface area contributed by atoms with Crippen LogP contribution in [0.2, 0.25) is 0 Å². The molecule has 2 aromatic heterocycles. The van der Waals surface area contributed by atoms with Crippen LogP contribution in [0, 0.1) is 0 Å². The second-order valence-electron chi connectivity index (χ2n) is 6.33. The summed E-state index contributed by atoms with van der Waals surface area (Å²) >= 11 is 0. The van der Waals surface area contributed by atoms with Crippen LogP contribution in [0.5, 0.6) is 5.75 Å². The van der Waals surface area contributed by atoms with Crippen LogP contribution >= 0.6 is 0 Å². The van der Waals surface area contributed by atoms with Crippen LogP contribution in [-0.4, -0.2) is 38.3 Å². The molecule has 0 bridgehead atoms. The minimum Gasteiger partial charge on any atom is -0.497 e. The Morgan fingerprint density at radius 3 is 2.83 bits per heavy atom. The Balaban J connectivity index is 1.65. The van der Waals surface area contributed by atoms with Crippen LogP contribution in [0.25, 0.3) is 11.2 Å². The van der Waals surface area contributed by atoms with E-state index in [9.17, 15) is 4.21 Å².